The van der Waals surface area contributed by atoms with Gasteiger partial charge < -0.3 is 5.73 Å². The van der Waals surface area contributed by atoms with Gasteiger partial charge in [0.05, 0.1) is 0 Å². The van der Waals surface area contributed by atoms with E-state index in [1.54, 1.807) is 0 Å². The molecule has 0 aliphatic heterocycles. The van der Waals surface area contributed by atoms with Crippen LogP contribution in [0.15, 0.2) is 0 Å². The molecule has 2 N–H and O–H groups in total. The Bertz CT molecular complexity index is 267. The third kappa shape index (κ3) is 3.95. The van der Waals surface area contributed by atoms with Crippen LogP contribution in [-0.2, 0) is 0 Å². The van der Waals surface area contributed by atoms with Crippen LogP contribution in [0.3, 0.4) is 0 Å². The van der Waals surface area contributed by atoms with E-state index in [9.17, 15) is 0 Å². The Labute approximate surface area is 121 Å². The zero-order chi connectivity index (χ0) is 14.7. The summed E-state index contributed by atoms with van der Waals surface area (Å²) < 4.78 is 0. The van der Waals surface area contributed by atoms with Gasteiger partial charge in [-0.1, -0.05) is 34.1 Å². The van der Waals surface area contributed by atoms with Crippen molar-refractivity contribution in [1.29, 1.82) is 0 Å². The fraction of sp³-hybridized carbons (Fsp3) is 1.00. The molecule has 19 heavy (non-hydrogen) atoms. The van der Waals surface area contributed by atoms with E-state index in [0.717, 1.165) is 19.0 Å². The fourth-order valence-corrected chi connectivity index (χ4v) is 4.11. The lowest BCUT2D eigenvalue weighted by molar-refractivity contribution is 0.0507. The van der Waals surface area contributed by atoms with Crippen LogP contribution in [0.25, 0.3) is 0 Å². The normalized spacial score (nSPS) is 29.8. The fourth-order valence-electron chi connectivity index (χ4n) is 4.11. The summed E-state index contributed by atoms with van der Waals surface area (Å²) in [4.78, 5) is 2.65. The molecule has 2 heteroatoms. The van der Waals surface area contributed by atoms with Gasteiger partial charge in [-0.05, 0) is 57.4 Å². The number of nitrogens with zero attached hydrogens (tertiary/aromatic N) is 1. The van der Waals surface area contributed by atoms with E-state index >= 15 is 0 Å². The summed E-state index contributed by atoms with van der Waals surface area (Å²) in [5, 5.41) is 0. The molecule has 0 spiro atoms. The third-order valence-electron chi connectivity index (χ3n) is 5.33. The molecule has 0 heterocycles. The molecule has 0 amide bonds. The Morgan fingerprint density at radius 3 is 2.26 bits per heavy atom. The Morgan fingerprint density at radius 2 is 1.84 bits per heavy atom. The first-order chi connectivity index (χ1) is 8.77. The number of hydrogen-bond acceptors (Lipinski definition) is 2. The highest BCUT2D eigenvalue weighted by atomic mass is 15.2. The summed E-state index contributed by atoms with van der Waals surface area (Å²) in [7, 11) is 0. The second-order valence-corrected chi connectivity index (χ2v) is 7.80. The second-order valence-electron chi connectivity index (χ2n) is 7.80. The van der Waals surface area contributed by atoms with E-state index in [4.69, 9.17) is 5.73 Å². The van der Waals surface area contributed by atoms with Crippen LogP contribution in [-0.4, -0.2) is 29.6 Å². The van der Waals surface area contributed by atoms with Crippen molar-refractivity contribution in [3.63, 3.8) is 0 Å². The molecule has 0 aromatic carbocycles. The van der Waals surface area contributed by atoms with Crippen molar-refractivity contribution in [3.05, 3.63) is 0 Å². The minimum absolute atomic E-state index is 0.253. The molecule has 1 fully saturated rings. The van der Waals surface area contributed by atoms with Gasteiger partial charge in [-0.2, -0.15) is 0 Å². The lowest BCUT2D eigenvalue weighted by atomic mass is 9.76. The molecule has 1 aliphatic rings. The van der Waals surface area contributed by atoms with Crippen molar-refractivity contribution in [2.75, 3.05) is 13.1 Å². The minimum atomic E-state index is 0.253. The maximum absolute atomic E-state index is 6.23. The lowest BCUT2D eigenvalue weighted by Gasteiger charge is -2.45. The van der Waals surface area contributed by atoms with Gasteiger partial charge in [0.1, 0.15) is 0 Å². The predicted octanol–water partition coefficient (Wildman–Crippen LogP) is 4.04. The molecule has 0 radical (unpaired) electrons. The maximum atomic E-state index is 6.23. The molecular weight excluding hydrogens is 232 g/mol. The zero-order valence-electron chi connectivity index (χ0n) is 14.1. The molecule has 0 aromatic heterocycles. The molecule has 1 rings (SSSR count). The molecular formula is C17H36N2. The summed E-state index contributed by atoms with van der Waals surface area (Å²) in [6, 6.07) is 0.597. The average molecular weight is 268 g/mol. The standard InChI is InChI=1S/C17H36N2/c1-7-19(14(2)3)17(13-18)11-8-9-15(10-12-17)16(4,5)6/h14-15H,7-13,18H2,1-6H3. The first kappa shape index (κ1) is 17.0. The van der Waals surface area contributed by atoms with Crippen molar-refractivity contribution >= 4 is 0 Å². The summed E-state index contributed by atoms with van der Waals surface area (Å²) in [6.45, 7) is 16.0. The smallest absolute Gasteiger partial charge is 0.0334 e. The van der Waals surface area contributed by atoms with E-state index in [-0.39, 0.29) is 5.54 Å². The highest BCUT2D eigenvalue weighted by Crippen LogP contribution is 2.41. The van der Waals surface area contributed by atoms with Gasteiger partial charge in [0.25, 0.3) is 0 Å². The summed E-state index contributed by atoms with van der Waals surface area (Å²) in [5.41, 5.74) is 6.93. The van der Waals surface area contributed by atoms with Gasteiger partial charge in [0.15, 0.2) is 0 Å². The van der Waals surface area contributed by atoms with E-state index in [1.165, 1.54) is 32.1 Å². The quantitative estimate of drug-likeness (QED) is 0.780. The van der Waals surface area contributed by atoms with Crippen LogP contribution in [0.2, 0.25) is 0 Å². The molecule has 0 aromatic rings. The van der Waals surface area contributed by atoms with Gasteiger partial charge in [-0.3, -0.25) is 4.90 Å². The Hall–Kier alpha value is -0.0800. The molecule has 0 saturated heterocycles. The van der Waals surface area contributed by atoms with Gasteiger partial charge in [0.2, 0.25) is 0 Å². The van der Waals surface area contributed by atoms with Crippen molar-refractivity contribution < 1.29 is 0 Å². The van der Waals surface area contributed by atoms with Crippen LogP contribution in [0.1, 0.15) is 73.6 Å². The molecule has 1 aliphatic carbocycles. The first-order valence-corrected chi connectivity index (χ1v) is 8.23. The number of likely N-dealkylation sites (N-methyl/N-ethyl adjacent to an activating group) is 1. The van der Waals surface area contributed by atoms with E-state index in [0.29, 0.717) is 11.5 Å². The van der Waals surface area contributed by atoms with E-state index in [1.807, 2.05) is 0 Å². The maximum Gasteiger partial charge on any atom is 0.0334 e. The molecule has 1 saturated carbocycles. The first-order valence-electron chi connectivity index (χ1n) is 8.23. The number of rotatable bonds is 4. The van der Waals surface area contributed by atoms with Gasteiger partial charge in [-0.25, -0.2) is 0 Å². The van der Waals surface area contributed by atoms with Crippen LogP contribution < -0.4 is 5.73 Å². The predicted molar refractivity (Wildman–Crippen MR) is 85.3 cm³/mol. The highest BCUT2D eigenvalue weighted by molar-refractivity contribution is 4.96. The number of hydrogen-bond donors (Lipinski definition) is 1. The molecule has 2 unspecified atom stereocenters. The Kier molecular flexibility index (Phi) is 5.88. The number of nitrogens with two attached hydrogens (primary N) is 1. The van der Waals surface area contributed by atoms with Crippen molar-refractivity contribution in [2.24, 2.45) is 17.1 Å². The summed E-state index contributed by atoms with van der Waals surface area (Å²) in [5.74, 6) is 0.854. The summed E-state index contributed by atoms with van der Waals surface area (Å²) >= 11 is 0. The Balaban J connectivity index is 2.86. The third-order valence-corrected chi connectivity index (χ3v) is 5.33. The zero-order valence-corrected chi connectivity index (χ0v) is 14.1. The van der Waals surface area contributed by atoms with Crippen LogP contribution >= 0.6 is 0 Å². The molecule has 2 atom stereocenters. The van der Waals surface area contributed by atoms with Crippen molar-refractivity contribution in [1.82, 2.24) is 4.90 Å². The molecule has 0 bridgehead atoms. The molecule has 114 valence electrons. The van der Waals surface area contributed by atoms with Crippen LogP contribution in [0.4, 0.5) is 0 Å². The largest absolute Gasteiger partial charge is 0.329 e. The highest BCUT2D eigenvalue weighted by Gasteiger charge is 2.39. The van der Waals surface area contributed by atoms with E-state index in [2.05, 4.69) is 46.4 Å². The Morgan fingerprint density at radius 1 is 1.21 bits per heavy atom. The summed E-state index contributed by atoms with van der Waals surface area (Å²) in [6.07, 6.45) is 6.60. The van der Waals surface area contributed by atoms with Crippen molar-refractivity contribution in [2.45, 2.75) is 85.2 Å². The van der Waals surface area contributed by atoms with Gasteiger partial charge >= 0.3 is 0 Å². The SMILES string of the molecule is CCN(C(C)C)C1(CN)CCCC(C(C)(C)C)CC1. The topological polar surface area (TPSA) is 29.3 Å². The van der Waals surface area contributed by atoms with Crippen molar-refractivity contribution in [3.8, 4) is 0 Å². The second kappa shape index (κ2) is 6.58. The van der Waals surface area contributed by atoms with Gasteiger partial charge in [0, 0.05) is 18.1 Å². The minimum Gasteiger partial charge on any atom is -0.329 e. The van der Waals surface area contributed by atoms with Crippen LogP contribution in [0.5, 0.6) is 0 Å². The monoisotopic (exact) mass is 268 g/mol. The van der Waals surface area contributed by atoms with E-state index < -0.39 is 0 Å². The van der Waals surface area contributed by atoms with Gasteiger partial charge in [-0.15, -0.1) is 0 Å². The van der Waals surface area contributed by atoms with Crippen LogP contribution in [0, 0.1) is 11.3 Å². The molecule has 2 nitrogen and oxygen atoms in total. The lowest BCUT2D eigenvalue weighted by Crippen LogP contribution is -2.56. The average Bonchev–Trinajstić information content (AvgIpc) is 2.52.